The molecule has 1 saturated heterocycles. The topological polar surface area (TPSA) is 105 Å². The van der Waals surface area contributed by atoms with Crippen LogP contribution in [0, 0.1) is 0 Å². The molecule has 2 N–H and O–H groups in total. The number of likely N-dealkylation sites (tertiary alicyclic amines) is 1. The predicted molar refractivity (Wildman–Crippen MR) is 138 cm³/mol. The monoisotopic (exact) mass is 518 g/mol. The van der Waals surface area contributed by atoms with Gasteiger partial charge in [-0.15, -0.1) is 11.3 Å². The van der Waals surface area contributed by atoms with E-state index in [0.717, 1.165) is 21.8 Å². The number of hydrogen-bond donors (Lipinski definition) is 2. The summed E-state index contributed by atoms with van der Waals surface area (Å²) in [5.41, 5.74) is 2.51. The highest BCUT2D eigenvalue weighted by Gasteiger charge is 2.37. The zero-order valence-electron chi connectivity index (χ0n) is 20.2. The minimum Gasteiger partial charge on any atom is -0.504 e. The lowest BCUT2D eigenvalue weighted by atomic mass is 9.93. The lowest BCUT2D eigenvalue weighted by Crippen LogP contribution is -2.40. The Morgan fingerprint density at radius 3 is 2.95 bits per heavy atom. The van der Waals surface area contributed by atoms with Crippen molar-refractivity contribution in [3.8, 4) is 23.0 Å². The van der Waals surface area contributed by atoms with Gasteiger partial charge in [-0.05, 0) is 41.8 Å². The summed E-state index contributed by atoms with van der Waals surface area (Å²) in [6.45, 7) is 0.866. The first kappa shape index (κ1) is 23.4. The van der Waals surface area contributed by atoms with Crippen LogP contribution in [0.3, 0.4) is 0 Å². The number of methoxy groups -OCH3 is 1. The summed E-state index contributed by atoms with van der Waals surface area (Å²) in [4.78, 5) is 33.4. The van der Waals surface area contributed by atoms with Gasteiger partial charge in [0.2, 0.25) is 11.8 Å². The van der Waals surface area contributed by atoms with E-state index < -0.39 is 0 Å². The number of benzene rings is 2. The van der Waals surface area contributed by atoms with Crippen LogP contribution in [0.4, 0.5) is 0 Å². The van der Waals surface area contributed by atoms with Crippen molar-refractivity contribution in [2.24, 2.45) is 0 Å². The normalized spacial score (nSPS) is 19.3. The van der Waals surface area contributed by atoms with Crippen molar-refractivity contribution >= 4 is 28.1 Å². The molecule has 9 nitrogen and oxygen atoms in total. The molecule has 2 aliphatic heterocycles. The van der Waals surface area contributed by atoms with Crippen molar-refractivity contribution in [3.05, 3.63) is 71.0 Å². The van der Waals surface area contributed by atoms with Crippen LogP contribution < -0.4 is 14.8 Å². The molecule has 2 amide bonds. The second-order valence-electron chi connectivity index (χ2n) is 9.40. The highest BCUT2D eigenvalue weighted by Crippen LogP contribution is 2.40. The molecule has 4 aromatic rings. The van der Waals surface area contributed by atoms with Gasteiger partial charge >= 0.3 is 0 Å². The van der Waals surface area contributed by atoms with Crippen LogP contribution >= 0.6 is 11.3 Å². The van der Waals surface area contributed by atoms with Crippen molar-refractivity contribution < 1.29 is 24.2 Å². The lowest BCUT2D eigenvalue weighted by Gasteiger charge is -2.21. The smallest absolute Gasteiger partial charge is 0.228 e. The highest BCUT2D eigenvalue weighted by molar-refractivity contribution is 7.15. The van der Waals surface area contributed by atoms with Crippen molar-refractivity contribution in [3.63, 3.8) is 0 Å². The second kappa shape index (κ2) is 9.44. The van der Waals surface area contributed by atoms with E-state index in [1.165, 1.54) is 11.3 Å². The van der Waals surface area contributed by atoms with Crippen LogP contribution in [0.2, 0.25) is 0 Å². The van der Waals surface area contributed by atoms with Gasteiger partial charge in [0.05, 0.1) is 25.3 Å². The number of thiazole rings is 1. The van der Waals surface area contributed by atoms with E-state index in [4.69, 9.17) is 9.47 Å². The molecule has 10 heteroatoms. The Labute approximate surface area is 217 Å². The van der Waals surface area contributed by atoms with Gasteiger partial charge in [-0.1, -0.05) is 12.1 Å². The van der Waals surface area contributed by atoms with E-state index in [0.29, 0.717) is 36.8 Å². The van der Waals surface area contributed by atoms with Crippen molar-refractivity contribution in [1.29, 1.82) is 0 Å². The number of carbonyl (C=O) groups is 2. The summed E-state index contributed by atoms with van der Waals surface area (Å²) in [5.74, 6) is 1.04. The number of nitrogens with zero attached hydrogens (tertiary/aromatic N) is 3. The molecule has 6 rings (SSSR count). The van der Waals surface area contributed by atoms with Crippen LogP contribution in [0.5, 0.6) is 23.0 Å². The highest BCUT2D eigenvalue weighted by atomic mass is 32.1. The minimum absolute atomic E-state index is 0.00481. The average Bonchev–Trinajstić information content (AvgIpc) is 3.59. The Bertz CT molecular complexity index is 1470. The Balaban J connectivity index is 1.31. The number of carbonyl (C=O) groups excluding carboxylic acids is 2. The molecule has 0 radical (unpaired) electrons. The molecule has 2 atom stereocenters. The van der Waals surface area contributed by atoms with Crippen LogP contribution in [0.15, 0.2) is 54.2 Å². The van der Waals surface area contributed by atoms with E-state index in [9.17, 15) is 14.7 Å². The van der Waals surface area contributed by atoms with Gasteiger partial charge in [-0.25, -0.2) is 4.98 Å². The molecule has 0 saturated carbocycles. The first-order valence-electron chi connectivity index (χ1n) is 12.1. The van der Waals surface area contributed by atoms with Gasteiger partial charge < -0.3 is 24.8 Å². The third-order valence-electron chi connectivity index (χ3n) is 7.00. The third-order valence-corrected chi connectivity index (χ3v) is 7.77. The second-order valence-corrected chi connectivity index (χ2v) is 10.3. The number of imidazole rings is 1. The Kier molecular flexibility index (Phi) is 5.96. The number of rotatable bonds is 3. The summed E-state index contributed by atoms with van der Waals surface area (Å²) in [7, 11) is 1.56. The summed E-state index contributed by atoms with van der Waals surface area (Å²) in [6.07, 6.45) is 4.79. The summed E-state index contributed by atoms with van der Waals surface area (Å²) in [6, 6.07) is 10.5. The van der Waals surface area contributed by atoms with Gasteiger partial charge in [0.1, 0.15) is 0 Å². The predicted octanol–water partition coefficient (Wildman–Crippen LogP) is 3.50. The van der Waals surface area contributed by atoms with Crippen LogP contribution in [-0.2, 0) is 22.4 Å². The molecule has 0 aliphatic carbocycles. The number of phenolic OH excluding ortho intramolecular Hbond substituents is 1. The Morgan fingerprint density at radius 2 is 2.11 bits per heavy atom. The summed E-state index contributed by atoms with van der Waals surface area (Å²) < 4.78 is 13.5. The SMILES string of the molecule is COc1ccc2cc1Oc1cc(ccc1O)CCC(=O)N[C@@H]1CN(C(=O)Cc3cn4ccsc4n3)C[C@@H]21. The van der Waals surface area contributed by atoms with E-state index in [-0.39, 0.29) is 42.4 Å². The molecule has 0 spiro atoms. The van der Waals surface area contributed by atoms with E-state index in [2.05, 4.69) is 10.3 Å². The quantitative estimate of drug-likeness (QED) is 0.430. The largest absolute Gasteiger partial charge is 0.504 e. The molecule has 4 heterocycles. The number of fused-ring (bicyclic) bond motifs is 7. The Hall–Kier alpha value is -4.05. The van der Waals surface area contributed by atoms with Crippen molar-refractivity contribution in [2.75, 3.05) is 20.2 Å². The molecule has 1 fully saturated rings. The molecule has 190 valence electrons. The van der Waals surface area contributed by atoms with Gasteiger partial charge in [0, 0.05) is 43.2 Å². The van der Waals surface area contributed by atoms with Gasteiger partial charge in [0.25, 0.3) is 0 Å². The fraction of sp³-hybridized carbons (Fsp3) is 0.296. The summed E-state index contributed by atoms with van der Waals surface area (Å²) >= 11 is 1.53. The number of aromatic hydroxyl groups is 1. The number of phenols is 1. The maximum atomic E-state index is 13.3. The van der Waals surface area contributed by atoms with Crippen molar-refractivity contribution in [2.45, 2.75) is 31.2 Å². The first-order valence-corrected chi connectivity index (χ1v) is 13.0. The molecule has 37 heavy (non-hydrogen) atoms. The zero-order valence-corrected chi connectivity index (χ0v) is 21.0. The Morgan fingerprint density at radius 1 is 1.22 bits per heavy atom. The number of nitrogens with one attached hydrogen (secondary N) is 1. The van der Waals surface area contributed by atoms with E-state index in [1.807, 2.05) is 40.4 Å². The number of hydrogen-bond acceptors (Lipinski definition) is 7. The fourth-order valence-corrected chi connectivity index (χ4v) is 5.79. The maximum absolute atomic E-state index is 13.3. The molecule has 4 bridgehead atoms. The molecule has 2 aliphatic rings. The molecule has 0 unspecified atom stereocenters. The fourth-order valence-electron chi connectivity index (χ4n) is 5.07. The van der Waals surface area contributed by atoms with Gasteiger partial charge in [-0.3, -0.25) is 14.0 Å². The van der Waals surface area contributed by atoms with Crippen LogP contribution in [0.25, 0.3) is 4.96 Å². The first-order chi connectivity index (χ1) is 18.0. The summed E-state index contributed by atoms with van der Waals surface area (Å²) in [5, 5.41) is 15.5. The standard InChI is InChI=1S/C27H26N4O5S/c1-35-22-6-4-17-11-24(22)36-23-10-16(2-5-21(23)32)3-7-25(33)29-20-15-31(14-19(17)20)26(34)12-18-13-30-8-9-37-27(30)28-18/h2,4-6,8-11,13,19-20,32H,3,7,12,14-15H2,1H3,(H,29,33)/t19-,20+/m0/s1. The number of aromatic nitrogens is 2. The number of aryl methyl sites for hydroxylation is 1. The number of amides is 2. The third kappa shape index (κ3) is 4.60. The van der Waals surface area contributed by atoms with Gasteiger partial charge in [-0.2, -0.15) is 0 Å². The van der Waals surface area contributed by atoms with E-state index >= 15 is 0 Å². The average molecular weight is 519 g/mol. The molecule has 2 aromatic carbocycles. The maximum Gasteiger partial charge on any atom is 0.228 e. The van der Waals surface area contributed by atoms with Gasteiger partial charge in [0.15, 0.2) is 28.0 Å². The molecular weight excluding hydrogens is 492 g/mol. The van der Waals surface area contributed by atoms with Crippen LogP contribution in [-0.4, -0.2) is 57.4 Å². The molecular formula is C27H26N4O5S. The zero-order chi connectivity index (χ0) is 25.5. The van der Waals surface area contributed by atoms with Crippen molar-refractivity contribution in [1.82, 2.24) is 19.6 Å². The lowest BCUT2D eigenvalue weighted by molar-refractivity contribution is -0.130. The minimum atomic E-state index is -0.250. The van der Waals surface area contributed by atoms with E-state index in [1.54, 1.807) is 30.2 Å². The molecule has 2 aromatic heterocycles. The van der Waals surface area contributed by atoms with Crippen LogP contribution in [0.1, 0.15) is 29.2 Å². The number of ether oxygens (including phenoxy) is 2.